The Bertz CT molecular complexity index is 1830. The molecule has 0 aromatic heterocycles. The number of aromatic carboxylic acids is 1. The van der Waals surface area contributed by atoms with E-state index in [1.807, 2.05) is 66.7 Å². The molecular formula is C39H36N2O7S. The van der Waals surface area contributed by atoms with E-state index in [0.29, 0.717) is 22.9 Å². The standard InChI is InChI=1S/C39H36N2O7S/c1-25-35(24-49-34-21-13-28(14-22-34)37(43)44)47-38(48-36(25)27-9-7-26(23-42)8-10-27)29-11-15-30(16-12-29)40-39(45)41-31-17-19-33(20-18-31)46-32-5-3-2-4-6-32/h2-22,25,35-36,38,42H,23-24H2,1H3,(H,43,44)(H2,40,41,45)/t25-,35+,36+,38+/m1/s1. The maximum atomic E-state index is 12.8. The molecule has 0 bridgehead atoms. The van der Waals surface area contributed by atoms with Crippen molar-refractivity contribution < 1.29 is 34.0 Å². The summed E-state index contributed by atoms with van der Waals surface area (Å²) in [6.07, 6.45) is -1.14. The lowest BCUT2D eigenvalue weighted by molar-refractivity contribution is -0.268. The van der Waals surface area contributed by atoms with Crippen LogP contribution in [0.1, 0.15) is 46.4 Å². The molecule has 1 saturated heterocycles. The highest BCUT2D eigenvalue weighted by Gasteiger charge is 2.38. The van der Waals surface area contributed by atoms with E-state index < -0.39 is 12.3 Å². The molecule has 0 radical (unpaired) electrons. The predicted molar refractivity (Wildman–Crippen MR) is 189 cm³/mol. The number of urea groups is 1. The van der Waals surface area contributed by atoms with Crippen LogP contribution in [0.25, 0.3) is 0 Å². The Morgan fingerprint density at radius 1 is 0.735 bits per heavy atom. The first-order valence-corrected chi connectivity index (χ1v) is 16.8. The third-order valence-electron chi connectivity index (χ3n) is 8.17. The van der Waals surface area contributed by atoms with Gasteiger partial charge >= 0.3 is 12.0 Å². The first-order valence-electron chi connectivity index (χ1n) is 15.8. The topological polar surface area (TPSA) is 126 Å². The van der Waals surface area contributed by atoms with Crippen LogP contribution in [0, 0.1) is 5.92 Å². The minimum atomic E-state index is -0.960. The van der Waals surface area contributed by atoms with E-state index in [9.17, 15) is 19.8 Å². The van der Waals surface area contributed by atoms with E-state index in [0.717, 1.165) is 27.3 Å². The van der Waals surface area contributed by atoms with Gasteiger partial charge in [0.1, 0.15) is 11.5 Å². The number of hydrogen-bond acceptors (Lipinski definition) is 7. The maximum Gasteiger partial charge on any atom is 0.335 e. The average molecular weight is 677 g/mol. The molecule has 0 aliphatic carbocycles. The zero-order valence-electron chi connectivity index (χ0n) is 26.7. The molecular weight excluding hydrogens is 641 g/mol. The van der Waals surface area contributed by atoms with Gasteiger partial charge in [0.2, 0.25) is 0 Å². The first-order chi connectivity index (χ1) is 23.8. The van der Waals surface area contributed by atoms with Crippen molar-refractivity contribution in [3.63, 3.8) is 0 Å². The minimum absolute atomic E-state index is 0.00868. The highest BCUT2D eigenvalue weighted by atomic mass is 32.2. The summed E-state index contributed by atoms with van der Waals surface area (Å²) in [4.78, 5) is 25.0. The number of benzene rings is 5. The number of carbonyl (C=O) groups excluding carboxylic acids is 1. The van der Waals surface area contributed by atoms with Crippen molar-refractivity contribution >= 4 is 35.1 Å². The van der Waals surface area contributed by atoms with Crippen molar-refractivity contribution in [2.45, 2.75) is 36.9 Å². The van der Waals surface area contributed by atoms with Crippen LogP contribution < -0.4 is 15.4 Å². The molecule has 1 aliphatic heterocycles. The Kier molecular flexibility index (Phi) is 10.9. The Hall–Kier alpha value is -5.13. The van der Waals surface area contributed by atoms with Crippen molar-refractivity contribution in [2.24, 2.45) is 5.92 Å². The molecule has 1 heterocycles. The lowest BCUT2D eigenvalue weighted by atomic mass is 9.91. The van der Waals surface area contributed by atoms with Gasteiger partial charge in [0.25, 0.3) is 0 Å². The van der Waals surface area contributed by atoms with E-state index in [1.54, 1.807) is 72.4 Å². The fourth-order valence-electron chi connectivity index (χ4n) is 5.43. The Morgan fingerprint density at radius 2 is 1.33 bits per heavy atom. The summed E-state index contributed by atoms with van der Waals surface area (Å²) < 4.78 is 18.9. The molecule has 1 fully saturated rings. The normalized spacial score (nSPS) is 18.7. The third kappa shape index (κ3) is 8.87. The second kappa shape index (κ2) is 15.8. The van der Waals surface area contributed by atoms with Crippen LogP contribution in [0.15, 0.2) is 132 Å². The molecule has 0 saturated carbocycles. The van der Waals surface area contributed by atoms with Gasteiger partial charge in [-0.2, -0.15) is 0 Å². The smallest absolute Gasteiger partial charge is 0.335 e. The number of carboxylic acid groups (broad SMARTS) is 1. The SMILES string of the molecule is C[C@@H]1[C@H](CSc2ccc(C(=O)O)cc2)O[C@H](c2ccc(NC(=O)Nc3ccc(Oc4ccccc4)cc3)cc2)O[C@@H]1c1ccc(CO)cc1. The number of carboxylic acids is 1. The van der Waals surface area contributed by atoms with Crippen LogP contribution in [0.5, 0.6) is 11.5 Å². The highest BCUT2D eigenvalue weighted by Crippen LogP contribution is 2.43. The lowest BCUT2D eigenvalue weighted by Gasteiger charge is -2.41. The van der Waals surface area contributed by atoms with Gasteiger partial charge in [0.05, 0.1) is 24.4 Å². The molecule has 4 atom stereocenters. The van der Waals surface area contributed by atoms with Gasteiger partial charge in [-0.3, -0.25) is 0 Å². The fraction of sp³-hybridized carbons (Fsp3) is 0.179. The molecule has 6 rings (SSSR count). The fourth-order valence-corrected chi connectivity index (χ4v) is 6.50. The summed E-state index contributed by atoms with van der Waals surface area (Å²) in [5, 5.41) is 24.5. The molecule has 250 valence electrons. The Labute approximate surface area is 288 Å². The molecule has 10 heteroatoms. The second-order valence-electron chi connectivity index (χ2n) is 11.6. The quantitative estimate of drug-likeness (QED) is 0.102. The van der Waals surface area contributed by atoms with Gasteiger partial charge in [0, 0.05) is 33.5 Å². The van der Waals surface area contributed by atoms with E-state index >= 15 is 0 Å². The minimum Gasteiger partial charge on any atom is -0.478 e. The monoisotopic (exact) mass is 676 g/mol. The number of amides is 2. The zero-order chi connectivity index (χ0) is 34.2. The third-order valence-corrected chi connectivity index (χ3v) is 9.27. The number of rotatable bonds is 11. The van der Waals surface area contributed by atoms with Gasteiger partial charge in [-0.1, -0.05) is 61.5 Å². The average Bonchev–Trinajstić information content (AvgIpc) is 3.13. The van der Waals surface area contributed by atoms with Crippen molar-refractivity contribution in [1.29, 1.82) is 0 Å². The predicted octanol–water partition coefficient (Wildman–Crippen LogP) is 8.90. The summed E-state index contributed by atoms with van der Waals surface area (Å²) in [5.74, 6) is 1.05. The van der Waals surface area contributed by atoms with Crippen molar-refractivity contribution in [2.75, 3.05) is 16.4 Å². The number of anilines is 2. The second-order valence-corrected chi connectivity index (χ2v) is 12.7. The molecule has 9 nitrogen and oxygen atoms in total. The zero-order valence-corrected chi connectivity index (χ0v) is 27.5. The molecule has 49 heavy (non-hydrogen) atoms. The number of aliphatic hydroxyl groups is 1. The summed E-state index contributed by atoms with van der Waals surface area (Å²) in [5.41, 5.74) is 4.05. The van der Waals surface area contributed by atoms with Crippen LogP contribution in [-0.2, 0) is 16.1 Å². The molecule has 0 spiro atoms. The molecule has 4 N–H and O–H groups in total. The van der Waals surface area contributed by atoms with Gasteiger partial charge in [0.15, 0.2) is 6.29 Å². The first kappa shape index (κ1) is 33.8. The van der Waals surface area contributed by atoms with Crippen LogP contribution in [0.3, 0.4) is 0 Å². The van der Waals surface area contributed by atoms with Crippen LogP contribution in [0.2, 0.25) is 0 Å². The molecule has 1 aliphatic rings. The van der Waals surface area contributed by atoms with Crippen LogP contribution in [0.4, 0.5) is 16.2 Å². The van der Waals surface area contributed by atoms with E-state index in [-0.39, 0.29) is 36.3 Å². The van der Waals surface area contributed by atoms with E-state index in [1.165, 1.54) is 0 Å². The molecule has 5 aromatic carbocycles. The summed E-state index contributed by atoms with van der Waals surface area (Å²) >= 11 is 1.59. The van der Waals surface area contributed by atoms with Crippen LogP contribution in [-0.4, -0.2) is 34.1 Å². The van der Waals surface area contributed by atoms with Gasteiger partial charge in [-0.15, -0.1) is 11.8 Å². The number of carbonyl (C=O) groups is 2. The summed E-state index contributed by atoms with van der Waals surface area (Å²) in [6.45, 7) is 2.05. The Balaban J connectivity index is 1.11. The number of thioether (sulfide) groups is 1. The van der Waals surface area contributed by atoms with E-state index in [4.69, 9.17) is 14.2 Å². The van der Waals surface area contributed by atoms with Crippen LogP contribution >= 0.6 is 11.8 Å². The molecule has 5 aromatic rings. The Morgan fingerprint density at radius 3 is 1.94 bits per heavy atom. The highest BCUT2D eigenvalue weighted by molar-refractivity contribution is 7.99. The number of hydrogen-bond donors (Lipinski definition) is 4. The van der Waals surface area contributed by atoms with Gasteiger partial charge < -0.3 is 35.1 Å². The molecule has 0 unspecified atom stereocenters. The number of ether oxygens (including phenoxy) is 3. The van der Waals surface area contributed by atoms with Gasteiger partial charge in [-0.05, 0) is 83.9 Å². The summed E-state index contributed by atoms with van der Waals surface area (Å²) in [6, 6.07) is 38.1. The van der Waals surface area contributed by atoms with Crippen molar-refractivity contribution in [3.8, 4) is 11.5 Å². The number of para-hydroxylation sites is 1. The lowest BCUT2D eigenvalue weighted by Crippen LogP contribution is -2.38. The van der Waals surface area contributed by atoms with Gasteiger partial charge in [-0.25, -0.2) is 9.59 Å². The maximum absolute atomic E-state index is 12.8. The summed E-state index contributed by atoms with van der Waals surface area (Å²) in [7, 11) is 0. The number of nitrogens with one attached hydrogen (secondary N) is 2. The van der Waals surface area contributed by atoms with E-state index in [2.05, 4.69) is 17.6 Å². The number of aliphatic hydroxyl groups excluding tert-OH is 1. The van der Waals surface area contributed by atoms with Crippen molar-refractivity contribution in [3.05, 3.63) is 150 Å². The largest absolute Gasteiger partial charge is 0.478 e. The van der Waals surface area contributed by atoms with Crippen molar-refractivity contribution in [1.82, 2.24) is 0 Å². The molecule has 2 amide bonds.